The van der Waals surface area contributed by atoms with Gasteiger partial charge in [-0.2, -0.15) is 0 Å². The summed E-state index contributed by atoms with van der Waals surface area (Å²) in [6, 6.07) is 1.58. The number of ether oxygens (including phenoxy) is 1. The molecule has 0 amide bonds. The minimum absolute atomic E-state index is 0.377. The molecular weight excluding hydrogens is 160 g/mol. The zero-order valence-corrected chi connectivity index (χ0v) is 5.91. The minimum Gasteiger partial charge on any atom is -0.418 e. The normalized spacial score (nSPS) is 9.00. The van der Waals surface area contributed by atoms with Crippen LogP contribution in [0.15, 0.2) is 11.4 Å². The molecule has 0 radical (unpaired) electrons. The van der Waals surface area contributed by atoms with E-state index in [0.717, 1.165) is 0 Å². The predicted octanol–water partition coefficient (Wildman–Crippen LogP) is 1.94. The lowest BCUT2D eigenvalue weighted by Gasteiger charge is -1.84. The summed E-state index contributed by atoms with van der Waals surface area (Å²) in [6.45, 7) is 0.377. The average Bonchev–Trinajstić information content (AvgIpc) is 2.17. The van der Waals surface area contributed by atoms with Crippen molar-refractivity contribution in [3.63, 3.8) is 0 Å². The van der Waals surface area contributed by atoms with Crippen molar-refractivity contribution in [1.29, 1.82) is 0 Å². The van der Waals surface area contributed by atoms with Crippen LogP contribution in [-0.4, -0.2) is 6.47 Å². The summed E-state index contributed by atoms with van der Waals surface area (Å²) in [6.07, 6.45) is 0. The highest BCUT2D eigenvalue weighted by Gasteiger charge is 1.95. The Kier molecular flexibility index (Phi) is 2.08. The Hall–Kier alpha value is -0.540. The Labute approximate surface area is 61.0 Å². The van der Waals surface area contributed by atoms with Crippen molar-refractivity contribution >= 4 is 29.4 Å². The summed E-state index contributed by atoms with van der Waals surface area (Å²) in [7, 11) is 0. The van der Waals surface area contributed by atoms with Crippen molar-refractivity contribution in [2.24, 2.45) is 0 Å². The lowest BCUT2D eigenvalue weighted by Crippen LogP contribution is -1.82. The van der Waals surface area contributed by atoms with Gasteiger partial charge in [0.25, 0.3) is 6.47 Å². The van der Waals surface area contributed by atoms with E-state index >= 15 is 0 Å². The highest BCUT2D eigenvalue weighted by molar-refractivity contribution is 7.12. The molecule has 0 atom stereocenters. The first kappa shape index (κ1) is 6.58. The molecule has 48 valence electrons. The first-order chi connectivity index (χ1) is 4.33. The van der Waals surface area contributed by atoms with Gasteiger partial charge >= 0.3 is 0 Å². The number of rotatable bonds is 2. The number of halogens is 1. The molecule has 1 rings (SSSR count). The molecule has 0 fully saturated rings. The Morgan fingerprint density at radius 1 is 1.78 bits per heavy atom. The molecular formula is C5H3ClO2S. The van der Waals surface area contributed by atoms with E-state index in [1.54, 1.807) is 11.4 Å². The number of hydrogen-bond acceptors (Lipinski definition) is 3. The van der Waals surface area contributed by atoms with Crippen LogP contribution in [0.5, 0.6) is 5.06 Å². The van der Waals surface area contributed by atoms with Crippen LogP contribution in [0.2, 0.25) is 5.02 Å². The van der Waals surface area contributed by atoms with Crippen LogP contribution in [-0.2, 0) is 4.79 Å². The maximum atomic E-state index is 9.72. The monoisotopic (exact) mass is 162 g/mol. The smallest absolute Gasteiger partial charge is 0.299 e. The molecule has 0 aliphatic heterocycles. The number of carbonyl (C=O) groups is 1. The van der Waals surface area contributed by atoms with E-state index in [9.17, 15) is 4.79 Å². The van der Waals surface area contributed by atoms with Gasteiger partial charge in [0.15, 0.2) is 5.06 Å². The van der Waals surface area contributed by atoms with Crippen LogP contribution < -0.4 is 4.74 Å². The van der Waals surface area contributed by atoms with Crippen LogP contribution >= 0.6 is 22.9 Å². The molecule has 0 aliphatic rings. The fourth-order valence-corrected chi connectivity index (χ4v) is 1.29. The van der Waals surface area contributed by atoms with Crippen molar-refractivity contribution in [3.8, 4) is 5.06 Å². The largest absolute Gasteiger partial charge is 0.418 e. The van der Waals surface area contributed by atoms with Crippen LogP contribution in [0.4, 0.5) is 0 Å². The fraction of sp³-hybridized carbons (Fsp3) is 0. The van der Waals surface area contributed by atoms with Gasteiger partial charge in [-0.25, -0.2) is 0 Å². The van der Waals surface area contributed by atoms with E-state index in [2.05, 4.69) is 4.74 Å². The van der Waals surface area contributed by atoms with Crippen molar-refractivity contribution in [2.45, 2.75) is 0 Å². The van der Waals surface area contributed by atoms with Crippen molar-refractivity contribution in [3.05, 3.63) is 16.5 Å². The predicted molar refractivity (Wildman–Crippen MR) is 36.0 cm³/mol. The second-order valence-electron chi connectivity index (χ2n) is 1.30. The number of thiophene rings is 1. The van der Waals surface area contributed by atoms with Gasteiger partial charge < -0.3 is 4.74 Å². The summed E-state index contributed by atoms with van der Waals surface area (Å²) in [5.74, 6) is 0. The van der Waals surface area contributed by atoms with E-state index in [-0.39, 0.29) is 0 Å². The molecule has 0 N–H and O–H groups in total. The Balaban J connectivity index is 2.72. The Morgan fingerprint density at radius 3 is 3.00 bits per heavy atom. The Morgan fingerprint density at radius 2 is 2.56 bits per heavy atom. The first-order valence-electron chi connectivity index (χ1n) is 2.17. The molecule has 0 unspecified atom stereocenters. The molecule has 1 heterocycles. The van der Waals surface area contributed by atoms with E-state index in [1.807, 2.05) is 0 Å². The summed E-state index contributed by atoms with van der Waals surface area (Å²) in [4.78, 5) is 9.72. The van der Waals surface area contributed by atoms with Crippen molar-refractivity contribution < 1.29 is 9.53 Å². The van der Waals surface area contributed by atoms with Gasteiger partial charge in [0.1, 0.15) is 0 Å². The summed E-state index contributed by atoms with van der Waals surface area (Å²) >= 11 is 6.80. The maximum absolute atomic E-state index is 9.72. The van der Waals surface area contributed by atoms with Crippen molar-refractivity contribution in [2.75, 3.05) is 0 Å². The van der Waals surface area contributed by atoms with Gasteiger partial charge in [-0.3, -0.25) is 4.79 Å². The van der Waals surface area contributed by atoms with Crippen LogP contribution in [0.3, 0.4) is 0 Å². The molecule has 0 bridgehead atoms. The van der Waals surface area contributed by atoms with Crippen LogP contribution in [0.1, 0.15) is 0 Å². The fourth-order valence-electron chi connectivity index (χ4n) is 0.404. The number of carbonyl (C=O) groups excluding carboxylic acids is 1. The van der Waals surface area contributed by atoms with Crippen LogP contribution in [0, 0.1) is 0 Å². The van der Waals surface area contributed by atoms with E-state index in [4.69, 9.17) is 11.6 Å². The van der Waals surface area contributed by atoms with Gasteiger partial charge in [0, 0.05) is 11.4 Å². The highest BCUT2D eigenvalue weighted by Crippen LogP contribution is 2.25. The summed E-state index contributed by atoms with van der Waals surface area (Å²) in [5.41, 5.74) is 0. The van der Waals surface area contributed by atoms with Gasteiger partial charge in [-0.05, 0) is 0 Å². The van der Waals surface area contributed by atoms with Gasteiger partial charge in [-0.15, -0.1) is 11.3 Å². The number of hydrogen-bond donors (Lipinski definition) is 0. The third-order valence-electron chi connectivity index (χ3n) is 0.708. The average molecular weight is 163 g/mol. The molecule has 9 heavy (non-hydrogen) atoms. The highest BCUT2D eigenvalue weighted by atomic mass is 35.5. The third kappa shape index (κ3) is 1.69. The lowest BCUT2D eigenvalue weighted by molar-refractivity contribution is -0.120. The van der Waals surface area contributed by atoms with E-state index < -0.39 is 0 Å². The quantitative estimate of drug-likeness (QED) is 0.622. The maximum Gasteiger partial charge on any atom is 0.299 e. The van der Waals surface area contributed by atoms with Gasteiger partial charge in [-0.1, -0.05) is 11.6 Å². The molecule has 0 saturated carbocycles. The molecule has 0 saturated heterocycles. The van der Waals surface area contributed by atoms with Crippen molar-refractivity contribution in [1.82, 2.24) is 0 Å². The third-order valence-corrected chi connectivity index (χ3v) is 1.87. The molecule has 2 nitrogen and oxygen atoms in total. The topological polar surface area (TPSA) is 26.3 Å². The first-order valence-corrected chi connectivity index (χ1v) is 3.43. The second kappa shape index (κ2) is 2.85. The van der Waals surface area contributed by atoms with E-state index in [0.29, 0.717) is 16.6 Å². The standard InChI is InChI=1S/C5H3ClO2S/c6-4-1-5(8-3-7)9-2-4/h1-3H. The summed E-state index contributed by atoms with van der Waals surface area (Å²) < 4.78 is 4.48. The Bertz CT molecular complexity index is 208. The molecule has 1 aromatic heterocycles. The molecule has 0 aliphatic carbocycles. The minimum atomic E-state index is 0.377. The molecule has 1 aromatic rings. The lowest BCUT2D eigenvalue weighted by atomic mass is 10.6. The van der Waals surface area contributed by atoms with E-state index in [1.165, 1.54) is 11.3 Å². The molecule has 0 spiro atoms. The second-order valence-corrected chi connectivity index (χ2v) is 2.61. The van der Waals surface area contributed by atoms with Gasteiger partial charge in [0.2, 0.25) is 0 Å². The zero-order chi connectivity index (χ0) is 6.69. The van der Waals surface area contributed by atoms with Gasteiger partial charge in [0.05, 0.1) is 5.02 Å². The molecule has 0 aromatic carbocycles. The zero-order valence-electron chi connectivity index (χ0n) is 4.33. The molecule has 4 heteroatoms. The summed E-state index contributed by atoms with van der Waals surface area (Å²) in [5, 5.41) is 2.81. The SMILES string of the molecule is O=COc1cc(Cl)cs1. The van der Waals surface area contributed by atoms with Crippen LogP contribution in [0.25, 0.3) is 0 Å².